The van der Waals surface area contributed by atoms with Crippen molar-refractivity contribution < 1.29 is 18.3 Å². The molecule has 1 aromatic rings. The van der Waals surface area contributed by atoms with E-state index in [1.165, 1.54) is 24.3 Å². The van der Waals surface area contributed by atoms with Crippen LogP contribution in [0.4, 0.5) is 0 Å². The van der Waals surface area contributed by atoms with Crippen molar-refractivity contribution >= 4 is 43.3 Å². The number of carboxylic acid groups (broad SMARTS) is 1. The first-order valence-electron chi connectivity index (χ1n) is 5.70. The van der Waals surface area contributed by atoms with Crippen molar-refractivity contribution in [3.63, 3.8) is 0 Å². The maximum atomic E-state index is 12.3. The Morgan fingerprint density at radius 1 is 1.58 bits per heavy atom. The smallest absolute Gasteiger partial charge is 0.324 e. The number of halogens is 1. The Morgan fingerprint density at radius 2 is 2.16 bits per heavy atom. The van der Waals surface area contributed by atoms with Crippen LogP contribution in [0.1, 0.15) is 24.6 Å². The zero-order valence-electron chi connectivity index (χ0n) is 10.4. The number of rotatable bonds is 5. The lowest BCUT2D eigenvalue weighted by Gasteiger charge is -2.25. The Balaban J connectivity index is 2.35. The van der Waals surface area contributed by atoms with Crippen molar-refractivity contribution in [2.45, 2.75) is 37.1 Å². The van der Waals surface area contributed by atoms with E-state index in [0.717, 1.165) is 12.8 Å². The topological polar surface area (TPSA) is 83.5 Å². The van der Waals surface area contributed by atoms with Crippen molar-refractivity contribution in [3.8, 4) is 0 Å². The normalized spacial score (nSPS) is 19.1. The van der Waals surface area contributed by atoms with Crippen LogP contribution < -0.4 is 4.72 Å². The number of hydrogen-bond donors (Lipinski definition) is 2. The van der Waals surface area contributed by atoms with Crippen molar-refractivity contribution in [2.24, 2.45) is 5.92 Å². The maximum absolute atomic E-state index is 12.3. The maximum Gasteiger partial charge on any atom is 0.324 e. The van der Waals surface area contributed by atoms with E-state index in [2.05, 4.69) is 20.7 Å². The van der Waals surface area contributed by atoms with Gasteiger partial charge in [0.15, 0.2) is 0 Å². The minimum absolute atomic E-state index is 0.137. The first-order chi connectivity index (χ1) is 8.67. The second-order valence-electron chi connectivity index (χ2n) is 4.86. The standard InChI is InChI=1S/C11H14BrNO4S2/c1-6-8(5-9(12)18-6)19(16,17)13-11(2,10(14)15)7-3-4-7/h5,7,13H,3-4H2,1-2H3,(H,14,15). The van der Waals surface area contributed by atoms with E-state index < -0.39 is 21.5 Å². The van der Waals surface area contributed by atoms with Crippen LogP contribution in [0.5, 0.6) is 0 Å². The highest BCUT2D eigenvalue weighted by Gasteiger charge is 2.50. The van der Waals surface area contributed by atoms with E-state index in [9.17, 15) is 18.3 Å². The molecule has 1 aromatic heterocycles. The molecule has 8 heteroatoms. The van der Waals surface area contributed by atoms with Gasteiger partial charge in [-0.05, 0) is 54.6 Å². The molecule has 5 nitrogen and oxygen atoms in total. The number of nitrogens with one attached hydrogen (secondary N) is 1. The van der Waals surface area contributed by atoms with Gasteiger partial charge in [0, 0.05) is 4.88 Å². The van der Waals surface area contributed by atoms with E-state index in [1.54, 1.807) is 6.92 Å². The Bertz CT molecular complexity index is 621. The molecule has 0 bridgehead atoms. The van der Waals surface area contributed by atoms with Crippen LogP contribution >= 0.6 is 27.3 Å². The summed E-state index contributed by atoms with van der Waals surface area (Å²) in [6, 6.07) is 1.50. The second kappa shape index (κ2) is 4.83. The van der Waals surface area contributed by atoms with E-state index in [-0.39, 0.29) is 10.8 Å². The zero-order chi connectivity index (χ0) is 14.4. The lowest BCUT2D eigenvalue weighted by Crippen LogP contribution is -2.53. The third kappa shape index (κ3) is 2.86. The minimum atomic E-state index is -3.83. The summed E-state index contributed by atoms with van der Waals surface area (Å²) in [5, 5.41) is 9.29. The predicted octanol–water partition coefficient (Wildman–Crippen LogP) is 2.35. The summed E-state index contributed by atoms with van der Waals surface area (Å²) in [6.07, 6.45) is 1.47. The van der Waals surface area contributed by atoms with Gasteiger partial charge in [0.2, 0.25) is 10.0 Å². The predicted molar refractivity (Wildman–Crippen MR) is 75.8 cm³/mol. The van der Waals surface area contributed by atoms with Crippen LogP contribution in [0.15, 0.2) is 14.7 Å². The molecule has 0 saturated heterocycles. The highest BCUT2D eigenvalue weighted by atomic mass is 79.9. The number of sulfonamides is 1. The summed E-state index contributed by atoms with van der Waals surface area (Å²) in [6.45, 7) is 3.13. The molecule has 0 spiro atoms. The van der Waals surface area contributed by atoms with Gasteiger partial charge in [-0.25, -0.2) is 8.42 Å². The number of carboxylic acids is 1. The second-order valence-corrected chi connectivity index (χ2v) is 9.14. The summed E-state index contributed by atoms with van der Waals surface area (Å²) in [7, 11) is -3.83. The van der Waals surface area contributed by atoms with Crippen molar-refractivity contribution in [3.05, 3.63) is 14.7 Å². The van der Waals surface area contributed by atoms with Crippen LogP contribution in [0.25, 0.3) is 0 Å². The molecule has 1 fully saturated rings. The summed E-state index contributed by atoms with van der Waals surface area (Å²) >= 11 is 4.54. The van der Waals surface area contributed by atoms with Gasteiger partial charge in [-0.2, -0.15) is 4.72 Å². The molecule has 1 aliphatic rings. The Morgan fingerprint density at radius 3 is 2.53 bits per heavy atom. The van der Waals surface area contributed by atoms with Gasteiger partial charge in [0.25, 0.3) is 0 Å². The fourth-order valence-electron chi connectivity index (χ4n) is 1.99. The van der Waals surface area contributed by atoms with Gasteiger partial charge in [-0.15, -0.1) is 11.3 Å². The summed E-state index contributed by atoms with van der Waals surface area (Å²) < 4.78 is 27.7. The third-order valence-electron chi connectivity index (χ3n) is 3.32. The molecule has 1 saturated carbocycles. The van der Waals surface area contributed by atoms with Crippen LogP contribution in [-0.4, -0.2) is 25.0 Å². The van der Waals surface area contributed by atoms with Gasteiger partial charge >= 0.3 is 5.97 Å². The zero-order valence-corrected chi connectivity index (χ0v) is 13.7. The first kappa shape index (κ1) is 15.0. The molecule has 1 atom stereocenters. The lowest BCUT2D eigenvalue weighted by atomic mass is 9.98. The molecule has 106 valence electrons. The summed E-state index contributed by atoms with van der Waals surface area (Å²) in [5.74, 6) is -1.27. The molecule has 19 heavy (non-hydrogen) atoms. The molecule has 2 rings (SSSR count). The van der Waals surface area contributed by atoms with Crippen LogP contribution in [-0.2, 0) is 14.8 Å². The van der Waals surface area contributed by atoms with Gasteiger partial charge in [0.1, 0.15) is 5.54 Å². The largest absolute Gasteiger partial charge is 0.480 e. The fourth-order valence-corrected chi connectivity index (χ4v) is 5.83. The van der Waals surface area contributed by atoms with Crippen molar-refractivity contribution in [1.29, 1.82) is 0 Å². The number of carbonyl (C=O) groups is 1. The number of hydrogen-bond acceptors (Lipinski definition) is 4. The van der Waals surface area contributed by atoms with Gasteiger partial charge in [0.05, 0.1) is 8.68 Å². The van der Waals surface area contributed by atoms with E-state index in [0.29, 0.717) is 8.66 Å². The molecule has 0 aliphatic heterocycles. The molecular formula is C11H14BrNO4S2. The van der Waals surface area contributed by atoms with E-state index in [4.69, 9.17) is 0 Å². The number of aryl methyl sites for hydroxylation is 1. The number of aliphatic carboxylic acids is 1. The molecule has 2 N–H and O–H groups in total. The van der Waals surface area contributed by atoms with Gasteiger partial charge in [-0.1, -0.05) is 0 Å². The van der Waals surface area contributed by atoms with Crippen LogP contribution in [0, 0.1) is 12.8 Å². The van der Waals surface area contributed by atoms with E-state index in [1.807, 2.05) is 0 Å². The first-order valence-corrected chi connectivity index (χ1v) is 8.79. The molecule has 0 radical (unpaired) electrons. The van der Waals surface area contributed by atoms with Gasteiger partial charge in [-0.3, -0.25) is 4.79 Å². The van der Waals surface area contributed by atoms with Gasteiger partial charge < -0.3 is 5.11 Å². The number of thiophene rings is 1. The van der Waals surface area contributed by atoms with Crippen LogP contribution in [0.2, 0.25) is 0 Å². The Kier molecular flexibility index (Phi) is 3.81. The van der Waals surface area contributed by atoms with Crippen LogP contribution in [0.3, 0.4) is 0 Å². The average molecular weight is 368 g/mol. The third-order valence-corrected chi connectivity index (χ3v) is 6.69. The summed E-state index contributed by atoms with van der Waals surface area (Å²) in [5.41, 5.74) is -1.43. The summed E-state index contributed by atoms with van der Waals surface area (Å²) in [4.78, 5) is 12.1. The Labute approximate surface area is 124 Å². The lowest BCUT2D eigenvalue weighted by molar-refractivity contribution is -0.144. The minimum Gasteiger partial charge on any atom is -0.480 e. The molecule has 1 aliphatic carbocycles. The van der Waals surface area contributed by atoms with Crippen molar-refractivity contribution in [1.82, 2.24) is 4.72 Å². The SMILES string of the molecule is Cc1sc(Br)cc1S(=O)(=O)NC(C)(C(=O)O)C1CC1. The molecule has 0 aromatic carbocycles. The highest BCUT2D eigenvalue weighted by molar-refractivity contribution is 9.11. The monoisotopic (exact) mass is 367 g/mol. The fraction of sp³-hybridized carbons (Fsp3) is 0.545. The highest BCUT2D eigenvalue weighted by Crippen LogP contribution is 2.41. The molecule has 1 heterocycles. The quantitative estimate of drug-likeness (QED) is 0.836. The Hall–Kier alpha value is -0.440. The molecule has 0 amide bonds. The van der Waals surface area contributed by atoms with Crippen molar-refractivity contribution in [2.75, 3.05) is 0 Å². The van der Waals surface area contributed by atoms with E-state index >= 15 is 0 Å². The molecular weight excluding hydrogens is 354 g/mol. The average Bonchev–Trinajstić information content (AvgIpc) is 3.04. The molecule has 1 unspecified atom stereocenters.